The zero-order chi connectivity index (χ0) is 16.4. The first-order valence-electron chi connectivity index (χ1n) is 7.38. The maximum absolute atomic E-state index is 12.0. The van der Waals surface area contributed by atoms with Crippen LogP contribution < -0.4 is 0 Å². The molecule has 11 heteroatoms. The largest absolute Gasteiger partial charge is 0.493 e. The summed E-state index contributed by atoms with van der Waals surface area (Å²) in [7, 11) is 2.06. The molecule has 0 aliphatic carbocycles. The number of H-pyrrole nitrogens is 1. The molecule has 0 radical (unpaired) electrons. The number of benzene rings is 1. The van der Waals surface area contributed by atoms with Crippen molar-refractivity contribution in [2.75, 3.05) is 39.8 Å². The van der Waals surface area contributed by atoms with Gasteiger partial charge in [-0.2, -0.15) is 0 Å². The Morgan fingerprint density at radius 1 is 1.27 bits per heavy atom. The van der Waals surface area contributed by atoms with Crippen LogP contribution in [0.4, 0.5) is 5.69 Å². The predicted octanol–water partition coefficient (Wildman–Crippen LogP) is 2.40. The monoisotopic (exact) mass is 425 g/mol. The highest BCUT2D eigenvalue weighted by atomic mass is 35.5. The standard InChI is InChI=1S/C15H18ClN5O2.2ClH.H2O/c1-20-4-6-21(7-5-20)9-13(22)18-19-14-11-8-10(16)2-3-12(11)17-15(14)23;;;/h2-3,8,17,23H,4-7,9H2,1H3;2*1H;1H2. The van der Waals surface area contributed by atoms with Gasteiger partial charge in [0.1, 0.15) is 0 Å². The molecular weight excluding hydrogens is 405 g/mol. The van der Waals surface area contributed by atoms with E-state index >= 15 is 0 Å². The number of hydrogen-bond donors (Lipinski definition) is 2. The molecule has 2 aromatic rings. The van der Waals surface area contributed by atoms with Crippen LogP contribution in [0.3, 0.4) is 0 Å². The van der Waals surface area contributed by atoms with Gasteiger partial charge in [-0.3, -0.25) is 9.69 Å². The highest BCUT2D eigenvalue weighted by Crippen LogP contribution is 2.36. The number of carbonyl (C=O) groups is 1. The first-order valence-corrected chi connectivity index (χ1v) is 7.76. The first-order chi connectivity index (χ1) is 11.0. The molecule has 1 amide bonds. The average molecular weight is 427 g/mol. The van der Waals surface area contributed by atoms with Crippen LogP contribution in [0, 0.1) is 0 Å². The molecule has 1 fully saturated rings. The van der Waals surface area contributed by atoms with E-state index in [9.17, 15) is 9.90 Å². The number of carbonyl (C=O) groups excluding carboxylic acids is 1. The molecule has 1 saturated heterocycles. The molecule has 26 heavy (non-hydrogen) atoms. The van der Waals surface area contributed by atoms with Crippen molar-refractivity contribution in [2.24, 2.45) is 10.2 Å². The van der Waals surface area contributed by atoms with Gasteiger partial charge < -0.3 is 20.5 Å². The van der Waals surface area contributed by atoms with Gasteiger partial charge in [0.05, 0.1) is 12.1 Å². The van der Waals surface area contributed by atoms with Gasteiger partial charge in [0, 0.05) is 36.6 Å². The van der Waals surface area contributed by atoms with E-state index in [-0.39, 0.29) is 54.3 Å². The van der Waals surface area contributed by atoms with Gasteiger partial charge in [-0.25, -0.2) is 0 Å². The van der Waals surface area contributed by atoms with E-state index in [4.69, 9.17) is 11.6 Å². The van der Waals surface area contributed by atoms with Gasteiger partial charge in [-0.15, -0.1) is 35.0 Å². The van der Waals surface area contributed by atoms with Crippen molar-refractivity contribution < 1.29 is 15.4 Å². The summed E-state index contributed by atoms with van der Waals surface area (Å²) in [5, 5.41) is 18.7. The van der Waals surface area contributed by atoms with Gasteiger partial charge in [0.2, 0.25) is 5.88 Å². The minimum Gasteiger partial charge on any atom is -0.493 e. The van der Waals surface area contributed by atoms with Gasteiger partial charge in [0.15, 0.2) is 5.69 Å². The van der Waals surface area contributed by atoms with E-state index in [1.165, 1.54) is 0 Å². The lowest BCUT2D eigenvalue weighted by Crippen LogP contribution is -2.46. The number of azo groups is 1. The second-order valence-electron chi connectivity index (χ2n) is 5.69. The van der Waals surface area contributed by atoms with Gasteiger partial charge in [-0.05, 0) is 25.2 Å². The maximum atomic E-state index is 12.0. The highest BCUT2D eigenvalue weighted by Gasteiger charge is 2.17. The molecule has 1 aliphatic rings. The summed E-state index contributed by atoms with van der Waals surface area (Å²) < 4.78 is 0. The number of nitrogens with one attached hydrogen (secondary N) is 1. The van der Waals surface area contributed by atoms with Crippen LogP contribution in [-0.2, 0) is 4.79 Å². The molecule has 1 aromatic carbocycles. The topological polar surface area (TPSA) is 116 Å². The number of aromatic hydroxyl groups is 1. The van der Waals surface area contributed by atoms with Crippen molar-refractivity contribution in [3.8, 4) is 5.88 Å². The van der Waals surface area contributed by atoms with Crippen LogP contribution >= 0.6 is 36.4 Å². The third-order valence-corrected chi connectivity index (χ3v) is 4.17. The summed E-state index contributed by atoms with van der Waals surface area (Å²) in [6, 6.07) is 5.12. The number of rotatable bonds is 3. The maximum Gasteiger partial charge on any atom is 0.278 e. The van der Waals surface area contributed by atoms with Gasteiger partial charge >= 0.3 is 0 Å². The molecule has 0 spiro atoms. The van der Waals surface area contributed by atoms with E-state index in [0.29, 0.717) is 15.9 Å². The third-order valence-electron chi connectivity index (χ3n) is 3.93. The average Bonchev–Trinajstić information content (AvgIpc) is 2.82. The zero-order valence-corrected chi connectivity index (χ0v) is 16.5. The number of aromatic amines is 1. The predicted molar refractivity (Wildman–Crippen MR) is 107 cm³/mol. The number of hydrogen-bond acceptors (Lipinski definition) is 5. The Morgan fingerprint density at radius 3 is 2.58 bits per heavy atom. The molecule has 146 valence electrons. The lowest BCUT2D eigenvalue weighted by Gasteiger charge is -2.31. The van der Waals surface area contributed by atoms with Crippen LogP contribution in [0.5, 0.6) is 5.88 Å². The highest BCUT2D eigenvalue weighted by molar-refractivity contribution is 6.31. The lowest BCUT2D eigenvalue weighted by atomic mass is 10.2. The summed E-state index contributed by atoms with van der Waals surface area (Å²) in [6.07, 6.45) is 0. The molecule has 8 nitrogen and oxygen atoms in total. The van der Waals surface area contributed by atoms with Gasteiger partial charge in [0.25, 0.3) is 5.91 Å². The quantitative estimate of drug-likeness (QED) is 0.733. The van der Waals surface area contributed by atoms with E-state index < -0.39 is 0 Å². The Kier molecular flexibility index (Phi) is 10.1. The minimum absolute atomic E-state index is 0. The van der Waals surface area contributed by atoms with Crippen molar-refractivity contribution in [2.45, 2.75) is 0 Å². The third kappa shape index (κ3) is 5.80. The molecule has 3 rings (SSSR count). The van der Waals surface area contributed by atoms with Gasteiger partial charge in [-0.1, -0.05) is 11.6 Å². The van der Waals surface area contributed by atoms with E-state index in [1.807, 2.05) is 4.90 Å². The van der Waals surface area contributed by atoms with Crippen molar-refractivity contribution in [3.05, 3.63) is 23.2 Å². The van der Waals surface area contributed by atoms with Crippen molar-refractivity contribution >= 4 is 58.9 Å². The molecule has 1 aromatic heterocycles. The molecule has 0 atom stereocenters. The fourth-order valence-corrected chi connectivity index (χ4v) is 2.74. The Labute approximate surface area is 168 Å². The van der Waals surface area contributed by atoms with Crippen molar-refractivity contribution in [1.82, 2.24) is 14.8 Å². The molecule has 0 unspecified atom stereocenters. The fraction of sp³-hybridized carbons (Fsp3) is 0.400. The summed E-state index contributed by atoms with van der Waals surface area (Å²) in [5.74, 6) is -0.455. The number of amides is 1. The zero-order valence-electron chi connectivity index (χ0n) is 14.1. The number of aromatic nitrogens is 1. The summed E-state index contributed by atoms with van der Waals surface area (Å²) >= 11 is 5.96. The van der Waals surface area contributed by atoms with E-state index in [0.717, 1.165) is 26.2 Å². The number of halogens is 3. The van der Waals surface area contributed by atoms with Crippen LogP contribution in [0.1, 0.15) is 0 Å². The summed E-state index contributed by atoms with van der Waals surface area (Å²) in [5.41, 5.74) is 0.918. The van der Waals surface area contributed by atoms with Crippen LogP contribution in [0.2, 0.25) is 5.02 Å². The number of piperazine rings is 1. The molecule has 4 N–H and O–H groups in total. The number of fused-ring (bicyclic) bond motifs is 1. The summed E-state index contributed by atoms with van der Waals surface area (Å²) in [6.45, 7) is 3.79. The number of nitrogens with zero attached hydrogens (tertiary/aromatic N) is 4. The SMILES string of the molecule is CN1CCN(CC(=O)N=Nc2c(O)[nH]c3ccc(Cl)cc23)CC1.Cl.Cl.O. The fourth-order valence-electron chi connectivity index (χ4n) is 2.57. The second-order valence-corrected chi connectivity index (χ2v) is 6.12. The molecule has 0 bridgehead atoms. The molecule has 2 heterocycles. The van der Waals surface area contributed by atoms with E-state index in [1.54, 1.807) is 18.2 Å². The minimum atomic E-state index is -0.328. The van der Waals surface area contributed by atoms with Crippen LogP contribution in [0.15, 0.2) is 28.4 Å². The molecule has 1 aliphatic heterocycles. The van der Waals surface area contributed by atoms with Crippen LogP contribution in [-0.4, -0.2) is 71.0 Å². The first kappa shape index (κ1) is 24.6. The normalized spacial score (nSPS) is 15.3. The van der Waals surface area contributed by atoms with Crippen molar-refractivity contribution in [3.63, 3.8) is 0 Å². The Hall–Kier alpha value is -1.42. The lowest BCUT2D eigenvalue weighted by molar-refractivity contribution is -0.119. The Balaban J connectivity index is 0.00000208. The van der Waals surface area contributed by atoms with E-state index in [2.05, 4.69) is 27.2 Å². The number of likely N-dealkylation sites (N-methyl/N-ethyl adjacent to an activating group) is 1. The Morgan fingerprint density at radius 2 is 1.92 bits per heavy atom. The summed E-state index contributed by atoms with van der Waals surface area (Å²) in [4.78, 5) is 19.0. The van der Waals surface area contributed by atoms with Crippen molar-refractivity contribution in [1.29, 1.82) is 0 Å². The van der Waals surface area contributed by atoms with Crippen LogP contribution in [0.25, 0.3) is 10.9 Å². The molecule has 0 saturated carbocycles. The smallest absolute Gasteiger partial charge is 0.278 e. The Bertz CT molecular complexity index is 760. The second kappa shape index (κ2) is 10.7. The molecular formula is C15H22Cl3N5O3.